The summed E-state index contributed by atoms with van der Waals surface area (Å²) in [5.74, 6) is -0.248. The molecule has 3 rings (SSSR count). The molecule has 1 spiro atoms. The molecule has 0 bridgehead atoms. The Labute approximate surface area is 101 Å². The van der Waals surface area contributed by atoms with Crippen LogP contribution in [0.1, 0.15) is 17.5 Å². The van der Waals surface area contributed by atoms with Gasteiger partial charge in [-0.1, -0.05) is 22.0 Å². The third-order valence-corrected chi connectivity index (χ3v) is 3.95. The molecule has 1 aromatic rings. The molecule has 1 atom stereocenters. The van der Waals surface area contributed by atoms with Crippen molar-refractivity contribution in [1.82, 2.24) is 5.32 Å². The highest BCUT2D eigenvalue weighted by Crippen LogP contribution is 2.43. The molecule has 1 aliphatic heterocycles. The van der Waals surface area contributed by atoms with E-state index in [4.69, 9.17) is 0 Å². The van der Waals surface area contributed by atoms with Crippen molar-refractivity contribution in [2.45, 2.75) is 19.3 Å². The zero-order chi connectivity index (χ0) is 11.3. The second kappa shape index (κ2) is 3.17. The van der Waals surface area contributed by atoms with Gasteiger partial charge < -0.3 is 0 Å². The number of hydrogen-bond donors (Lipinski definition) is 1. The Morgan fingerprint density at radius 1 is 1.12 bits per heavy atom. The maximum atomic E-state index is 11.8. The SMILES string of the molecule is O=C1CC2(Cc3ccc(Br)cc3C2)C(=O)N1. The van der Waals surface area contributed by atoms with E-state index in [1.807, 2.05) is 18.2 Å². The minimum absolute atomic E-state index is 0.107. The first-order chi connectivity index (χ1) is 7.59. The van der Waals surface area contributed by atoms with Gasteiger partial charge in [0.25, 0.3) is 0 Å². The van der Waals surface area contributed by atoms with Crippen molar-refractivity contribution in [2.24, 2.45) is 5.41 Å². The van der Waals surface area contributed by atoms with Crippen LogP contribution >= 0.6 is 15.9 Å². The van der Waals surface area contributed by atoms with E-state index >= 15 is 0 Å². The summed E-state index contributed by atoms with van der Waals surface area (Å²) in [5, 5.41) is 2.41. The standard InChI is InChI=1S/C12H10BrNO2/c13-9-2-1-7-4-12(5-8(7)3-9)6-10(15)14-11(12)16/h1-3H,4-6H2,(H,14,15,16). The molecule has 1 unspecified atom stereocenters. The Hall–Kier alpha value is -1.16. The first kappa shape index (κ1) is 10.0. The van der Waals surface area contributed by atoms with Crippen LogP contribution in [0.5, 0.6) is 0 Å². The van der Waals surface area contributed by atoms with Crippen LogP contribution in [0.3, 0.4) is 0 Å². The molecule has 1 N–H and O–H groups in total. The summed E-state index contributed by atoms with van der Waals surface area (Å²) in [6, 6.07) is 6.05. The zero-order valence-electron chi connectivity index (χ0n) is 8.55. The molecule has 16 heavy (non-hydrogen) atoms. The lowest BCUT2D eigenvalue weighted by molar-refractivity contribution is -0.128. The molecule has 4 heteroatoms. The first-order valence-corrected chi connectivity index (χ1v) is 6.00. The summed E-state index contributed by atoms with van der Waals surface area (Å²) in [5.41, 5.74) is 1.87. The van der Waals surface area contributed by atoms with Crippen LogP contribution in [-0.4, -0.2) is 11.8 Å². The van der Waals surface area contributed by atoms with E-state index in [1.165, 1.54) is 11.1 Å². The smallest absolute Gasteiger partial charge is 0.233 e. The molecule has 0 aromatic heterocycles. The highest BCUT2D eigenvalue weighted by atomic mass is 79.9. The fourth-order valence-electron chi connectivity index (χ4n) is 2.70. The van der Waals surface area contributed by atoms with Crippen molar-refractivity contribution in [3.8, 4) is 0 Å². The Kier molecular flexibility index (Phi) is 1.98. The molecule has 1 aliphatic carbocycles. The van der Waals surface area contributed by atoms with Crippen LogP contribution in [-0.2, 0) is 22.4 Å². The van der Waals surface area contributed by atoms with E-state index in [2.05, 4.69) is 21.2 Å². The van der Waals surface area contributed by atoms with Crippen molar-refractivity contribution in [3.05, 3.63) is 33.8 Å². The first-order valence-electron chi connectivity index (χ1n) is 5.21. The van der Waals surface area contributed by atoms with Crippen molar-refractivity contribution in [2.75, 3.05) is 0 Å². The second-order valence-corrected chi connectivity index (χ2v) is 5.52. The lowest BCUT2D eigenvalue weighted by Crippen LogP contribution is -2.32. The minimum atomic E-state index is -0.500. The molecule has 0 radical (unpaired) electrons. The van der Waals surface area contributed by atoms with Crippen molar-refractivity contribution < 1.29 is 9.59 Å². The van der Waals surface area contributed by atoms with Crippen molar-refractivity contribution in [3.63, 3.8) is 0 Å². The van der Waals surface area contributed by atoms with E-state index < -0.39 is 5.41 Å². The highest BCUT2D eigenvalue weighted by molar-refractivity contribution is 9.10. The number of fused-ring (bicyclic) bond motifs is 1. The summed E-state index contributed by atoms with van der Waals surface area (Å²) in [6.45, 7) is 0. The van der Waals surface area contributed by atoms with Gasteiger partial charge in [-0.3, -0.25) is 14.9 Å². The predicted octanol–water partition coefficient (Wildman–Crippen LogP) is 1.58. The maximum Gasteiger partial charge on any atom is 0.233 e. The van der Waals surface area contributed by atoms with Gasteiger partial charge in [-0.15, -0.1) is 0 Å². The van der Waals surface area contributed by atoms with Crippen LogP contribution in [0, 0.1) is 5.41 Å². The van der Waals surface area contributed by atoms with Gasteiger partial charge in [-0.05, 0) is 36.1 Å². The van der Waals surface area contributed by atoms with Crippen molar-refractivity contribution >= 4 is 27.7 Å². The van der Waals surface area contributed by atoms with Gasteiger partial charge >= 0.3 is 0 Å². The molecule has 1 aromatic carbocycles. The average molecular weight is 280 g/mol. The normalized spacial score (nSPS) is 27.3. The Morgan fingerprint density at radius 3 is 2.56 bits per heavy atom. The van der Waals surface area contributed by atoms with Crippen LogP contribution in [0.25, 0.3) is 0 Å². The fraction of sp³-hybridized carbons (Fsp3) is 0.333. The van der Waals surface area contributed by atoms with Gasteiger partial charge in [0.15, 0.2) is 0 Å². The van der Waals surface area contributed by atoms with Gasteiger partial charge in [0, 0.05) is 10.9 Å². The topological polar surface area (TPSA) is 46.2 Å². The molecule has 1 heterocycles. The van der Waals surface area contributed by atoms with E-state index in [0.29, 0.717) is 19.3 Å². The number of benzene rings is 1. The van der Waals surface area contributed by atoms with E-state index in [-0.39, 0.29) is 11.8 Å². The highest BCUT2D eigenvalue weighted by Gasteiger charge is 2.50. The molecule has 1 fully saturated rings. The number of halogens is 1. The third kappa shape index (κ3) is 1.33. The lowest BCUT2D eigenvalue weighted by Gasteiger charge is -2.16. The van der Waals surface area contributed by atoms with Gasteiger partial charge in [0.05, 0.1) is 5.41 Å². The van der Waals surface area contributed by atoms with Crippen LogP contribution < -0.4 is 5.32 Å². The van der Waals surface area contributed by atoms with E-state index in [9.17, 15) is 9.59 Å². The monoisotopic (exact) mass is 279 g/mol. The Morgan fingerprint density at radius 2 is 1.88 bits per heavy atom. The molecule has 2 aliphatic rings. The molecule has 1 saturated heterocycles. The predicted molar refractivity (Wildman–Crippen MR) is 61.7 cm³/mol. The van der Waals surface area contributed by atoms with Gasteiger partial charge in [0.2, 0.25) is 11.8 Å². The minimum Gasteiger partial charge on any atom is -0.296 e. The Bertz CT molecular complexity index is 512. The number of imide groups is 1. The molecule has 2 amide bonds. The molecule has 3 nitrogen and oxygen atoms in total. The number of rotatable bonds is 0. The third-order valence-electron chi connectivity index (χ3n) is 3.46. The lowest BCUT2D eigenvalue weighted by atomic mass is 9.83. The van der Waals surface area contributed by atoms with Gasteiger partial charge in [-0.25, -0.2) is 0 Å². The Balaban J connectivity index is 2.01. The second-order valence-electron chi connectivity index (χ2n) is 4.60. The number of carbonyl (C=O) groups excluding carboxylic acids is 2. The van der Waals surface area contributed by atoms with Crippen molar-refractivity contribution in [1.29, 1.82) is 0 Å². The molecular formula is C12H10BrNO2. The zero-order valence-corrected chi connectivity index (χ0v) is 10.1. The maximum absolute atomic E-state index is 11.8. The van der Waals surface area contributed by atoms with E-state index in [1.54, 1.807) is 0 Å². The van der Waals surface area contributed by atoms with Crippen LogP contribution in [0.4, 0.5) is 0 Å². The van der Waals surface area contributed by atoms with Gasteiger partial charge in [-0.2, -0.15) is 0 Å². The fourth-order valence-corrected chi connectivity index (χ4v) is 3.11. The average Bonchev–Trinajstić information content (AvgIpc) is 2.67. The molecular weight excluding hydrogens is 270 g/mol. The summed E-state index contributed by atoms with van der Waals surface area (Å²) < 4.78 is 1.02. The number of hydrogen-bond acceptors (Lipinski definition) is 2. The number of carbonyl (C=O) groups is 2. The number of nitrogens with one attached hydrogen (secondary N) is 1. The summed E-state index contributed by atoms with van der Waals surface area (Å²) in [7, 11) is 0. The van der Waals surface area contributed by atoms with Crippen LogP contribution in [0.15, 0.2) is 22.7 Å². The van der Waals surface area contributed by atoms with Gasteiger partial charge in [0.1, 0.15) is 0 Å². The summed E-state index contributed by atoms with van der Waals surface area (Å²) in [4.78, 5) is 23.1. The van der Waals surface area contributed by atoms with Crippen LogP contribution in [0.2, 0.25) is 0 Å². The molecule has 82 valence electrons. The van der Waals surface area contributed by atoms with E-state index in [0.717, 1.165) is 4.47 Å². The summed E-state index contributed by atoms with van der Waals surface area (Å²) >= 11 is 3.42. The quantitative estimate of drug-likeness (QED) is 0.733. The summed E-state index contributed by atoms with van der Waals surface area (Å²) in [6.07, 6.45) is 1.70. The number of amides is 2. The largest absolute Gasteiger partial charge is 0.296 e. The molecule has 0 saturated carbocycles.